The van der Waals surface area contributed by atoms with E-state index in [9.17, 15) is 4.79 Å². The minimum absolute atomic E-state index is 0.0486. The Bertz CT molecular complexity index is 1030. The van der Waals surface area contributed by atoms with E-state index in [1.165, 1.54) is 5.56 Å². The van der Waals surface area contributed by atoms with Crippen LogP contribution in [-0.4, -0.2) is 24.7 Å². The molecule has 1 aromatic heterocycles. The predicted octanol–water partition coefficient (Wildman–Crippen LogP) is 5.31. The maximum Gasteiger partial charge on any atom is 0.319 e. The molecule has 2 amide bonds. The highest BCUT2D eigenvalue weighted by Crippen LogP contribution is 2.46. The number of ether oxygens (including phenoxy) is 1. The van der Waals surface area contributed by atoms with Crippen LogP contribution >= 0.6 is 0 Å². The number of rotatable bonds is 6. The molecule has 2 aromatic carbocycles. The normalized spacial score (nSPS) is 14.5. The number of aryl methyl sites for hydroxylation is 1. The Labute approximate surface area is 177 Å². The molecule has 1 fully saturated rings. The fraction of sp³-hybridized carbons (Fsp3) is 0.280. The van der Waals surface area contributed by atoms with E-state index >= 15 is 0 Å². The molecule has 0 spiro atoms. The van der Waals surface area contributed by atoms with Crippen molar-refractivity contribution in [2.24, 2.45) is 0 Å². The first-order valence-electron chi connectivity index (χ1n) is 10.3. The minimum atomic E-state index is -0.191. The summed E-state index contributed by atoms with van der Waals surface area (Å²) < 4.78 is 5.55. The van der Waals surface area contributed by atoms with E-state index in [1.54, 1.807) is 7.11 Å². The molecular formula is C25H27N3O2. The van der Waals surface area contributed by atoms with Crippen LogP contribution < -0.4 is 15.4 Å². The molecule has 0 atom stereocenters. The first-order chi connectivity index (χ1) is 14.6. The van der Waals surface area contributed by atoms with Crippen LogP contribution in [0.1, 0.15) is 30.5 Å². The topological polar surface area (TPSA) is 63.2 Å². The molecule has 0 saturated heterocycles. The highest BCUT2D eigenvalue weighted by atomic mass is 16.5. The van der Waals surface area contributed by atoms with Crippen LogP contribution in [-0.2, 0) is 5.41 Å². The third-order valence-electron chi connectivity index (χ3n) is 5.95. The molecule has 1 aliphatic carbocycles. The summed E-state index contributed by atoms with van der Waals surface area (Å²) >= 11 is 0. The molecular weight excluding hydrogens is 374 g/mol. The number of anilines is 1. The zero-order chi connectivity index (χ0) is 21.0. The number of hydrogen-bond donors (Lipinski definition) is 2. The number of para-hydroxylation sites is 1. The van der Waals surface area contributed by atoms with Gasteiger partial charge in [-0.3, -0.25) is 4.98 Å². The standard InChI is InChI=1S/C25H27N3O2/c1-18-16-20(12-15-26-18)19-8-10-21(11-9-19)28-24(29)27-17-25(13-5-14-25)22-6-3-4-7-23(22)30-2/h3-4,6-12,15-16H,5,13-14,17H2,1-2H3,(H2,27,28,29). The molecule has 154 valence electrons. The van der Waals surface area contributed by atoms with E-state index in [1.807, 2.05) is 67.7 Å². The Kier molecular flexibility index (Phi) is 5.70. The van der Waals surface area contributed by atoms with E-state index in [2.05, 4.69) is 21.7 Å². The van der Waals surface area contributed by atoms with E-state index in [4.69, 9.17) is 4.74 Å². The summed E-state index contributed by atoms with van der Waals surface area (Å²) in [6.45, 7) is 2.57. The molecule has 5 nitrogen and oxygen atoms in total. The predicted molar refractivity (Wildman–Crippen MR) is 120 cm³/mol. The molecule has 3 aromatic rings. The molecule has 0 radical (unpaired) electrons. The fourth-order valence-corrected chi connectivity index (χ4v) is 4.12. The van der Waals surface area contributed by atoms with Crippen LogP contribution in [0.2, 0.25) is 0 Å². The number of nitrogens with zero attached hydrogens (tertiary/aromatic N) is 1. The SMILES string of the molecule is COc1ccccc1C1(CNC(=O)Nc2ccc(-c3ccnc(C)c3)cc2)CCC1. The molecule has 2 N–H and O–H groups in total. The van der Waals surface area contributed by atoms with Gasteiger partial charge in [-0.25, -0.2) is 4.79 Å². The fourth-order valence-electron chi connectivity index (χ4n) is 4.12. The van der Waals surface area contributed by atoms with E-state index < -0.39 is 0 Å². The quantitative estimate of drug-likeness (QED) is 0.588. The van der Waals surface area contributed by atoms with Gasteiger partial charge >= 0.3 is 6.03 Å². The third kappa shape index (κ3) is 4.15. The van der Waals surface area contributed by atoms with Gasteiger partial charge in [0.25, 0.3) is 0 Å². The maximum absolute atomic E-state index is 12.5. The Balaban J connectivity index is 1.39. The second kappa shape index (κ2) is 8.57. The average molecular weight is 402 g/mol. The monoisotopic (exact) mass is 401 g/mol. The number of hydrogen-bond acceptors (Lipinski definition) is 3. The molecule has 1 saturated carbocycles. The second-order valence-corrected chi connectivity index (χ2v) is 7.91. The van der Waals surface area contributed by atoms with Gasteiger partial charge in [0.2, 0.25) is 0 Å². The lowest BCUT2D eigenvalue weighted by Crippen LogP contribution is -2.46. The molecule has 5 heteroatoms. The summed E-state index contributed by atoms with van der Waals surface area (Å²) in [5.41, 5.74) is 5.08. The third-order valence-corrected chi connectivity index (χ3v) is 5.95. The highest BCUT2D eigenvalue weighted by Gasteiger charge is 2.40. The molecule has 30 heavy (non-hydrogen) atoms. The molecule has 0 bridgehead atoms. The summed E-state index contributed by atoms with van der Waals surface area (Å²) in [4.78, 5) is 16.8. The van der Waals surface area contributed by atoms with Gasteiger partial charge < -0.3 is 15.4 Å². The van der Waals surface area contributed by atoms with Crippen molar-refractivity contribution < 1.29 is 9.53 Å². The van der Waals surface area contributed by atoms with Crippen LogP contribution in [0.4, 0.5) is 10.5 Å². The number of urea groups is 1. The Hall–Kier alpha value is -3.34. The van der Waals surface area contributed by atoms with Crippen LogP contribution in [0.5, 0.6) is 5.75 Å². The largest absolute Gasteiger partial charge is 0.496 e. The van der Waals surface area contributed by atoms with Gasteiger partial charge in [0.05, 0.1) is 7.11 Å². The number of benzene rings is 2. The summed E-state index contributed by atoms with van der Waals surface area (Å²) in [5, 5.41) is 6.00. The van der Waals surface area contributed by atoms with Crippen molar-refractivity contribution in [1.82, 2.24) is 10.3 Å². The van der Waals surface area contributed by atoms with Crippen molar-refractivity contribution in [1.29, 1.82) is 0 Å². The number of carbonyl (C=O) groups excluding carboxylic acids is 1. The summed E-state index contributed by atoms with van der Waals surface area (Å²) in [7, 11) is 1.70. The minimum Gasteiger partial charge on any atom is -0.496 e. The highest BCUT2D eigenvalue weighted by molar-refractivity contribution is 5.89. The van der Waals surface area contributed by atoms with Crippen molar-refractivity contribution >= 4 is 11.7 Å². The van der Waals surface area contributed by atoms with Crippen molar-refractivity contribution in [2.75, 3.05) is 19.0 Å². The lowest BCUT2D eigenvalue weighted by Gasteiger charge is -2.43. The average Bonchev–Trinajstić information content (AvgIpc) is 2.74. The molecule has 0 aliphatic heterocycles. The van der Waals surface area contributed by atoms with Crippen LogP contribution in [0.15, 0.2) is 66.9 Å². The van der Waals surface area contributed by atoms with Gasteiger partial charge in [-0.2, -0.15) is 0 Å². The number of amides is 2. The number of carbonyl (C=O) groups is 1. The molecule has 1 heterocycles. The summed E-state index contributed by atoms with van der Waals surface area (Å²) in [6, 6.07) is 19.8. The second-order valence-electron chi connectivity index (χ2n) is 7.91. The maximum atomic E-state index is 12.5. The number of aromatic nitrogens is 1. The van der Waals surface area contributed by atoms with Gasteiger partial charge in [-0.1, -0.05) is 36.8 Å². The molecule has 4 rings (SSSR count). The van der Waals surface area contributed by atoms with Crippen LogP contribution in [0.3, 0.4) is 0 Å². The number of nitrogens with one attached hydrogen (secondary N) is 2. The van der Waals surface area contributed by atoms with Crippen LogP contribution in [0, 0.1) is 6.92 Å². The van der Waals surface area contributed by atoms with Crippen molar-refractivity contribution in [3.05, 3.63) is 78.1 Å². The van der Waals surface area contributed by atoms with Gasteiger partial charge in [-0.15, -0.1) is 0 Å². The first kappa shape index (κ1) is 20.0. The van der Waals surface area contributed by atoms with Gasteiger partial charge in [-0.05, 0) is 61.2 Å². The Morgan fingerprint density at radius 3 is 2.50 bits per heavy atom. The molecule has 1 aliphatic rings. The first-order valence-corrected chi connectivity index (χ1v) is 10.3. The lowest BCUT2D eigenvalue weighted by atomic mass is 9.64. The summed E-state index contributed by atoms with van der Waals surface area (Å²) in [6.07, 6.45) is 5.07. The van der Waals surface area contributed by atoms with Crippen molar-refractivity contribution in [2.45, 2.75) is 31.6 Å². The van der Waals surface area contributed by atoms with E-state index in [0.29, 0.717) is 6.54 Å². The number of pyridine rings is 1. The van der Waals surface area contributed by atoms with E-state index in [0.717, 1.165) is 47.5 Å². The zero-order valence-electron chi connectivity index (χ0n) is 17.4. The lowest BCUT2D eigenvalue weighted by molar-refractivity contribution is 0.217. The Morgan fingerprint density at radius 1 is 1.07 bits per heavy atom. The molecule has 0 unspecified atom stereocenters. The number of methoxy groups -OCH3 is 1. The summed E-state index contributed by atoms with van der Waals surface area (Å²) in [5.74, 6) is 0.890. The van der Waals surface area contributed by atoms with Gasteiger partial charge in [0, 0.05) is 35.1 Å². The van der Waals surface area contributed by atoms with E-state index in [-0.39, 0.29) is 11.4 Å². The van der Waals surface area contributed by atoms with Crippen LogP contribution in [0.25, 0.3) is 11.1 Å². The smallest absolute Gasteiger partial charge is 0.319 e. The van der Waals surface area contributed by atoms with Gasteiger partial charge in [0.1, 0.15) is 5.75 Å². The Morgan fingerprint density at radius 2 is 1.83 bits per heavy atom. The van der Waals surface area contributed by atoms with Crippen molar-refractivity contribution in [3.63, 3.8) is 0 Å². The van der Waals surface area contributed by atoms with Crippen molar-refractivity contribution in [3.8, 4) is 16.9 Å². The zero-order valence-corrected chi connectivity index (χ0v) is 17.4. The van der Waals surface area contributed by atoms with Gasteiger partial charge in [0.15, 0.2) is 0 Å².